The zero-order valence-corrected chi connectivity index (χ0v) is 10.1. The Hall–Kier alpha value is 1.08. The van der Waals surface area contributed by atoms with Crippen LogP contribution in [-0.2, 0) is 24.2 Å². The third-order valence-electron chi connectivity index (χ3n) is 1.17. The van der Waals surface area contributed by atoms with Gasteiger partial charge in [0.2, 0.25) is 0 Å². The van der Waals surface area contributed by atoms with Crippen molar-refractivity contribution < 1.29 is 49.0 Å². The maximum atomic E-state index is 5.43. The van der Waals surface area contributed by atoms with Crippen molar-refractivity contribution in [2.75, 3.05) is 13.2 Å². The average molecular weight is 238 g/mol. The molecule has 1 fully saturated rings. The van der Waals surface area contributed by atoms with E-state index in [-0.39, 0.29) is 56.4 Å². The van der Waals surface area contributed by atoms with Gasteiger partial charge in [-0.25, -0.2) is 0 Å². The van der Waals surface area contributed by atoms with Crippen molar-refractivity contribution in [1.82, 2.24) is 0 Å². The van der Waals surface area contributed by atoms with Gasteiger partial charge in [0.1, 0.15) is 0 Å². The maximum Gasteiger partial charge on any atom is 2.00 e. The zero-order chi connectivity index (χ0) is 5.28. The van der Waals surface area contributed by atoms with E-state index in [1.807, 2.05) is 0 Å². The van der Waals surface area contributed by atoms with Crippen molar-refractivity contribution in [2.45, 2.75) is 12.1 Å². The van der Waals surface area contributed by atoms with Gasteiger partial charge in [0.05, 0.1) is 13.2 Å². The predicted molar refractivity (Wildman–Crippen MR) is 26.8 cm³/mol. The van der Waals surface area contributed by atoms with E-state index in [0.717, 1.165) is 0 Å². The van der Waals surface area contributed by atoms with Crippen LogP contribution in [0.25, 0.3) is 0 Å². The number of halogens is 2. The van der Waals surface area contributed by atoms with Crippen LogP contribution in [0.4, 0.5) is 0 Å². The number of hydrogen-bond donors (Lipinski definition) is 2. The molecule has 0 amide bonds. The Balaban J connectivity index is -0.000000163. The Kier molecular flexibility index (Phi) is 14.1. The summed E-state index contributed by atoms with van der Waals surface area (Å²) in [5.74, 6) is 0. The van der Waals surface area contributed by atoms with Crippen LogP contribution >= 0.6 is 0 Å². The summed E-state index contributed by atoms with van der Waals surface area (Å²) in [5, 5.41) is 0. The molecule has 0 saturated carbocycles. The number of nitrogens with two attached hydrogens (primary N) is 2. The molecule has 0 radical (unpaired) electrons. The summed E-state index contributed by atoms with van der Waals surface area (Å²) in [7, 11) is 0. The van der Waals surface area contributed by atoms with Gasteiger partial charge in [-0.05, 0) is 0 Å². The van der Waals surface area contributed by atoms with Crippen LogP contribution in [0.2, 0.25) is 0 Å². The minimum Gasteiger partial charge on any atom is -1.00 e. The van der Waals surface area contributed by atoms with Gasteiger partial charge in [0, 0.05) is 12.1 Å². The normalized spacial score (nSPS) is 29.4. The smallest absolute Gasteiger partial charge is 1.00 e. The fraction of sp³-hybridized carbons (Fsp3) is 1.00. The summed E-state index contributed by atoms with van der Waals surface area (Å²) in [4.78, 5) is 0. The van der Waals surface area contributed by atoms with Crippen LogP contribution < -0.4 is 36.3 Å². The van der Waals surface area contributed by atoms with Crippen molar-refractivity contribution in [2.24, 2.45) is 11.5 Å². The molecular weight excluding hydrogens is 228 g/mol. The topological polar surface area (TPSA) is 61.3 Å². The molecule has 1 rings (SSSR count). The third kappa shape index (κ3) is 4.83. The Bertz CT molecular complexity index is 70.3. The van der Waals surface area contributed by atoms with E-state index in [1.54, 1.807) is 0 Å². The SMILES string of the molecule is N[C@@H]1COC[C@@H]1N.[Cl-].[Cl-].[Zn+2]. The largest absolute Gasteiger partial charge is 2.00 e. The van der Waals surface area contributed by atoms with Gasteiger partial charge >= 0.3 is 19.5 Å². The van der Waals surface area contributed by atoms with Crippen LogP contribution in [0, 0.1) is 0 Å². The van der Waals surface area contributed by atoms with E-state index in [4.69, 9.17) is 16.2 Å². The van der Waals surface area contributed by atoms with Gasteiger partial charge in [-0.3, -0.25) is 0 Å². The zero-order valence-electron chi connectivity index (χ0n) is 5.59. The van der Waals surface area contributed by atoms with Crippen LogP contribution in [0.15, 0.2) is 0 Å². The van der Waals surface area contributed by atoms with Crippen molar-refractivity contribution in [3.05, 3.63) is 0 Å². The van der Waals surface area contributed by atoms with Crippen LogP contribution in [0.5, 0.6) is 0 Å². The summed E-state index contributed by atoms with van der Waals surface area (Å²) < 4.78 is 4.92. The molecule has 4 N–H and O–H groups in total. The fourth-order valence-corrected chi connectivity index (χ4v) is 0.587. The van der Waals surface area contributed by atoms with Gasteiger partial charge in [-0.1, -0.05) is 0 Å². The fourth-order valence-electron chi connectivity index (χ4n) is 0.587. The van der Waals surface area contributed by atoms with Gasteiger partial charge < -0.3 is 41.0 Å². The molecule has 58 valence electrons. The van der Waals surface area contributed by atoms with Crippen molar-refractivity contribution in [1.29, 1.82) is 0 Å². The summed E-state index contributed by atoms with van der Waals surface area (Å²) >= 11 is 0. The van der Waals surface area contributed by atoms with Crippen molar-refractivity contribution in [3.63, 3.8) is 0 Å². The van der Waals surface area contributed by atoms with Crippen LogP contribution in [0.3, 0.4) is 0 Å². The predicted octanol–water partition coefficient (Wildman–Crippen LogP) is -7.32. The second kappa shape index (κ2) is 8.18. The molecule has 0 aromatic carbocycles. The Morgan fingerprint density at radius 3 is 1.40 bits per heavy atom. The molecule has 0 unspecified atom stereocenters. The first kappa shape index (κ1) is 17.2. The monoisotopic (exact) mass is 236 g/mol. The summed E-state index contributed by atoms with van der Waals surface area (Å²) in [6.45, 7) is 1.25. The summed E-state index contributed by atoms with van der Waals surface area (Å²) in [5.41, 5.74) is 10.9. The maximum absolute atomic E-state index is 5.43. The molecule has 2 atom stereocenters. The van der Waals surface area contributed by atoms with E-state index in [1.165, 1.54) is 0 Å². The summed E-state index contributed by atoms with van der Waals surface area (Å²) in [6.07, 6.45) is 0. The molecular formula is C4H10Cl2N2OZn. The Morgan fingerprint density at radius 2 is 1.30 bits per heavy atom. The van der Waals surface area contributed by atoms with E-state index in [2.05, 4.69) is 0 Å². The van der Waals surface area contributed by atoms with E-state index in [9.17, 15) is 0 Å². The van der Waals surface area contributed by atoms with Crippen molar-refractivity contribution in [3.8, 4) is 0 Å². The molecule has 0 bridgehead atoms. The molecule has 1 heterocycles. The number of rotatable bonds is 0. The van der Waals surface area contributed by atoms with E-state index < -0.39 is 0 Å². The standard InChI is InChI=1S/C4H10N2O.2ClH.Zn/c5-3-1-7-2-4(3)6;;;/h3-4H,1-2,5-6H2;2*1H;/q;;;+2/p-2/t3-,4+;;;. The molecule has 0 aliphatic carbocycles. The molecule has 0 aromatic rings. The van der Waals surface area contributed by atoms with E-state index in [0.29, 0.717) is 13.2 Å². The first-order valence-corrected chi connectivity index (χ1v) is 2.39. The quantitative estimate of drug-likeness (QED) is 0.412. The molecule has 6 heteroatoms. The van der Waals surface area contributed by atoms with Gasteiger partial charge in [-0.2, -0.15) is 0 Å². The first-order chi connectivity index (χ1) is 3.30. The average Bonchev–Trinajstić information content (AvgIpc) is 1.91. The second-order valence-electron chi connectivity index (χ2n) is 1.87. The van der Waals surface area contributed by atoms with E-state index >= 15 is 0 Å². The van der Waals surface area contributed by atoms with Crippen LogP contribution in [0.1, 0.15) is 0 Å². The number of ether oxygens (including phenoxy) is 1. The second-order valence-corrected chi connectivity index (χ2v) is 1.87. The van der Waals surface area contributed by atoms with Gasteiger partial charge in [-0.15, -0.1) is 0 Å². The van der Waals surface area contributed by atoms with Crippen molar-refractivity contribution >= 4 is 0 Å². The minimum atomic E-state index is 0. The third-order valence-corrected chi connectivity index (χ3v) is 1.17. The van der Waals surface area contributed by atoms with Gasteiger partial charge in [0.15, 0.2) is 0 Å². The number of hydrogen-bond acceptors (Lipinski definition) is 3. The molecule has 1 saturated heterocycles. The molecule has 3 nitrogen and oxygen atoms in total. The molecule has 0 aromatic heterocycles. The summed E-state index contributed by atoms with van der Waals surface area (Å²) in [6, 6.07) is 0.139. The van der Waals surface area contributed by atoms with Gasteiger partial charge in [0.25, 0.3) is 0 Å². The minimum absolute atomic E-state index is 0. The molecule has 1 aliphatic heterocycles. The first-order valence-electron chi connectivity index (χ1n) is 2.39. The Labute approximate surface area is 85.8 Å². The molecule has 0 spiro atoms. The molecule has 1 aliphatic rings. The molecule has 10 heavy (non-hydrogen) atoms. The Morgan fingerprint density at radius 1 is 1.00 bits per heavy atom. The van der Waals surface area contributed by atoms with Crippen LogP contribution in [-0.4, -0.2) is 25.3 Å².